The van der Waals surface area contributed by atoms with Gasteiger partial charge in [0.1, 0.15) is 0 Å². The average Bonchev–Trinajstić information content (AvgIpc) is 2.55. The fraction of sp³-hybridized carbons (Fsp3) is 0.316. The maximum Gasteiger partial charge on any atom is 0.224 e. The van der Waals surface area contributed by atoms with Crippen molar-refractivity contribution < 1.29 is 4.79 Å². The van der Waals surface area contributed by atoms with E-state index in [0.29, 0.717) is 23.0 Å². The quantitative estimate of drug-likeness (QED) is 0.809. The van der Waals surface area contributed by atoms with Gasteiger partial charge < -0.3 is 10.2 Å². The molecule has 1 atom stereocenters. The SMILES string of the molecule is CN(C)[C@@H](CNC(=O)Cc1ccc(Cl)c(Cl)c1)Cc1ccccc1. The molecule has 0 radical (unpaired) electrons. The third-order valence-electron chi connectivity index (χ3n) is 3.93. The molecule has 128 valence electrons. The molecule has 0 heterocycles. The molecule has 3 nitrogen and oxygen atoms in total. The molecule has 0 spiro atoms. The molecule has 0 unspecified atom stereocenters. The van der Waals surface area contributed by atoms with Crippen LogP contribution in [0.15, 0.2) is 48.5 Å². The minimum Gasteiger partial charge on any atom is -0.354 e. The number of carbonyl (C=O) groups excluding carboxylic acids is 1. The first-order valence-electron chi connectivity index (χ1n) is 7.86. The molecule has 24 heavy (non-hydrogen) atoms. The van der Waals surface area contributed by atoms with Gasteiger partial charge in [-0.1, -0.05) is 59.6 Å². The molecule has 2 aromatic carbocycles. The predicted octanol–water partition coefficient (Wildman–Crippen LogP) is 3.83. The first-order valence-corrected chi connectivity index (χ1v) is 8.62. The summed E-state index contributed by atoms with van der Waals surface area (Å²) in [6, 6.07) is 15.8. The monoisotopic (exact) mass is 364 g/mol. The summed E-state index contributed by atoms with van der Waals surface area (Å²) in [6.45, 7) is 0.599. The standard InChI is InChI=1S/C19H22Cl2N2O/c1-23(2)16(10-14-6-4-3-5-7-14)13-22-19(24)12-15-8-9-17(20)18(21)11-15/h3-9,11,16H,10,12-13H2,1-2H3,(H,22,24)/t16-/m1/s1. The number of nitrogens with zero attached hydrogens (tertiary/aromatic N) is 1. The van der Waals surface area contributed by atoms with Crippen molar-refractivity contribution in [3.63, 3.8) is 0 Å². The minimum absolute atomic E-state index is 0.0201. The number of benzene rings is 2. The molecule has 0 aromatic heterocycles. The number of rotatable bonds is 7. The molecule has 0 saturated carbocycles. The first kappa shape index (κ1) is 18.8. The van der Waals surface area contributed by atoms with E-state index in [9.17, 15) is 4.79 Å². The van der Waals surface area contributed by atoms with Gasteiger partial charge in [0.25, 0.3) is 0 Å². The Morgan fingerprint density at radius 1 is 1.04 bits per heavy atom. The number of hydrogen-bond acceptors (Lipinski definition) is 2. The third-order valence-corrected chi connectivity index (χ3v) is 4.67. The van der Waals surface area contributed by atoms with Gasteiger partial charge in [0, 0.05) is 12.6 Å². The normalized spacial score (nSPS) is 12.2. The molecule has 2 rings (SSSR count). The van der Waals surface area contributed by atoms with Crippen LogP contribution in [0.25, 0.3) is 0 Å². The smallest absolute Gasteiger partial charge is 0.224 e. The molecular formula is C19H22Cl2N2O. The molecule has 0 bridgehead atoms. The number of halogens is 2. The molecule has 0 saturated heterocycles. The van der Waals surface area contributed by atoms with E-state index >= 15 is 0 Å². The lowest BCUT2D eigenvalue weighted by molar-refractivity contribution is -0.120. The molecule has 0 aliphatic carbocycles. The number of hydrogen-bond donors (Lipinski definition) is 1. The van der Waals surface area contributed by atoms with Gasteiger partial charge in [0.15, 0.2) is 0 Å². The molecule has 1 amide bonds. The van der Waals surface area contributed by atoms with Crippen molar-refractivity contribution in [3.8, 4) is 0 Å². The Morgan fingerprint density at radius 2 is 1.75 bits per heavy atom. The van der Waals surface area contributed by atoms with Crippen LogP contribution in [0.2, 0.25) is 10.0 Å². The number of carbonyl (C=O) groups is 1. The number of nitrogens with one attached hydrogen (secondary N) is 1. The van der Waals surface area contributed by atoms with Gasteiger partial charge in [-0.05, 0) is 43.8 Å². The summed E-state index contributed by atoms with van der Waals surface area (Å²) in [6.07, 6.45) is 1.18. The van der Waals surface area contributed by atoms with Gasteiger partial charge in [0.2, 0.25) is 5.91 Å². The maximum atomic E-state index is 12.2. The Bertz CT molecular complexity index is 674. The van der Waals surface area contributed by atoms with Crippen molar-refractivity contribution in [2.75, 3.05) is 20.6 Å². The Labute approximate surface area is 153 Å². The van der Waals surface area contributed by atoms with Crippen LogP contribution in [0.3, 0.4) is 0 Å². The summed E-state index contributed by atoms with van der Waals surface area (Å²) >= 11 is 11.9. The van der Waals surface area contributed by atoms with Crippen LogP contribution in [-0.2, 0) is 17.6 Å². The lowest BCUT2D eigenvalue weighted by Crippen LogP contribution is -2.42. The van der Waals surface area contributed by atoms with Gasteiger partial charge in [-0.15, -0.1) is 0 Å². The van der Waals surface area contributed by atoms with E-state index in [1.807, 2.05) is 38.4 Å². The summed E-state index contributed by atoms with van der Waals surface area (Å²) in [5, 5.41) is 3.98. The van der Waals surface area contributed by atoms with Crippen molar-refractivity contribution in [1.82, 2.24) is 10.2 Å². The zero-order valence-electron chi connectivity index (χ0n) is 13.9. The largest absolute Gasteiger partial charge is 0.354 e. The van der Waals surface area contributed by atoms with E-state index in [2.05, 4.69) is 22.3 Å². The average molecular weight is 365 g/mol. The number of amides is 1. The van der Waals surface area contributed by atoms with Gasteiger partial charge in [-0.2, -0.15) is 0 Å². The van der Waals surface area contributed by atoms with E-state index in [-0.39, 0.29) is 11.9 Å². The molecule has 0 aliphatic heterocycles. The van der Waals surface area contributed by atoms with Crippen LogP contribution < -0.4 is 5.32 Å². The third kappa shape index (κ3) is 5.82. The molecular weight excluding hydrogens is 343 g/mol. The van der Waals surface area contributed by atoms with Crippen molar-refractivity contribution in [2.45, 2.75) is 18.9 Å². The zero-order chi connectivity index (χ0) is 17.5. The highest BCUT2D eigenvalue weighted by atomic mass is 35.5. The summed E-state index contributed by atoms with van der Waals surface area (Å²) in [4.78, 5) is 14.3. The lowest BCUT2D eigenvalue weighted by atomic mass is 10.0. The minimum atomic E-state index is -0.0201. The van der Waals surface area contributed by atoms with Crippen molar-refractivity contribution in [2.24, 2.45) is 0 Å². The second-order valence-corrected chi connectivity index (χ2v) is 6.85. The highest BCUT2D eigenvalue weighted by Gasteiger charge is 2.14. The molecule has 1 N–H and O–H groups in total. The van der Waals surface area contributed by atoms with E-state index in [1.165, 1.54) is 5.56 Å². The highest BCUT2D eigenvalue weighted by Crippen LogP contribution is 2.22. The lowest BCUT2D eigenvalue weighted by Gasteiger charge is -2.24. The van der Waals surface area contributed by atoms with E-state index in [4.69, 9.17) is 23.2 Å². The van der Waals surface area contributed by atoms with Crippen molar-refractivity contribution in [3.05, 3.63) is 69.7 Å². The van der Waals surface area contributed by atoms with E-state index in [0.717, 1.165) is 12.0 Å². The Hall–Kier alpha value is -1.55. The van der Waals surface area contributed by atoms with Gasteiger partial charge in [0.05, 0.1) is 16.5 Å². The van der Waals surface area contributed by atoms with E-state index < -0.39 is 0 Å². The highest BCUT2D eigenvalue weighted by molar-refractivity contribution is 6.42. The first-order chi connectivity index (χ1) is 11.5. The van der Waals surface area contributed by atoms with Crippen LogP contribution in [-0.4, -0.2) is 37.5 Å². The second-order valence-electron chi connectivity index (χ2n) is 6.04. The molecule has 5 heteroatoms. The Morgan fingerprint density at radius 3 is 2.38 bits per heavy atom. The molecule has 0 aliphatic rings. The molecule has 2 aromatic rings. The topological polar surface area (TPSA) is 32.3 Å². The van der Waals surface area contributed by atoms with Gasteiger partial charge in [-0.3, -0.25) is 4.79 Å². The van der Waals surface area contributed by atoms with Gasteiger partial charge >= 0.3 is 0 Å². The predicted molar refractivity (Wildman–Crippen MR) is 101 cm³/mol. The van der Waals surface area contributed by atoms with Crippen LogP contribution >= 0.6 is 23.2 Å². The van der Waals surface area contributed by atoms with E-state index in [1.54, 1.807) is 12.1 Å². The van der Waals surface area contributed by atoms with Crippen LogP contribution in [0.1, 0.15) is 11.1 Å². The Kier molecular flexibility index (Phi) is 7.10. The fourth-order valence-corrected chi connectivity index (χ4v) is 2.77. The number of likely N-dealkylation sites (N-methyl/N-ethyl adjacent to an activating group) is 1. The summed E-state index contributed by atoms with van der Waals surface area (Å²) in [5.41, 5.74) is 2.11. The van der Waals surface area contributed by atoms with Crippen LogP contribution in [0.5, 0.6) is 0 Å². The Balaban J connectivity index is 1.89. The summed E-state index contributed by atoms with van der Waals surface area (Å²) in [7, 11) is 4.05. The fourth-order valence-electron chi connectivity index (χ4n) is 2.45. The molecule has 0 fully saturated rings. The van der Waals surface area contributed by atoms with Gasteiger partial charge in [-0.25, -0.2) is 0 Å². The van der Waals surface area contributed by atoms with Crippen LogP contribution in [0.4, 0.5) is 0 Å². The zero-order valence-corrected chi connectivity index (χ0v) is 15.4. The van der Waals surface area contributed by atoms with Crippen molar-refractivity contribution >= 4 is 29.1 Å². The van der Waals surface area contributed by atoms with Crippen molar-refractivity contribution in [1.29, 1.82) is 0 Å². The summed E-state index contributed by atoms with van der Waals surface area (Å²) in [5.74, 6) is -0.0201. The summed E-state index contributed by atoms with van der Waals surface area (Å²) < 4.78 is 0. The second kappa shape index (κ2) is 9.07. The maximum absolute atomic E-state index is 12.2. The van der Waals surface area contributed by atoms with Crippen LogP contribution in [0, 0.1) is 0 Å².